The highest BCUT2D eigenvalue weighted by Gasteiger charge is 2.29. The Balaban J connectivity index is 1.78. The third-order valence-corrected chi connectivity index (χ3v) is 5.66. The molecule has 0 bridgehead atoms. The van der Waals surface area contributed by atoms with Crippen molar-refractivity contribution < 1.29 is 17.9 Å². The summed E-state index contributed by atoms with van der Waals surface area (Å²) in [5.74, 6) is 0.306. The summed E-state index contributed by atoms with van der Waals surface area (Å²) in [6.07, 6.45) is 2.28. The summed E-state index contributed by atoms with van der Waals surface area (Å²) in [4.78, 5) is 14.0. The number of hydrogen-bond donors (Lipinski definition) is 1. The van der Waals surface area contributed by atoms with E-state index in [0.29, 0.717) is 26.2 Å². The van der Waals surface area contributed by atoms with Gasteiger partial charge in [0.25, 0.3) is 0 Å². The maximum absolute atomic E-state index is 12.2. The van der Waals surface area contributed by atoms with E-state index >= 15 is 0 Å². The summed E-state index contributed by atoms with van der Waals surface area (Å²) in [5, 5.41) is 3.12. The van der Waals surface area contributed by atoms with E-state index < -0.39 is 9.84 Å². The lowest BCUT2D eigenvalue weighted by Gasteiger charge is -2.33. The molecule has 0 aromatic carbocycles. The summed E-state index contributed by atoms with van der Waals surface area (Å²) < 4.78 is 28.7. The van der Waals surface area contributed by atoms with Gasteiger partial charge in [0.05, 0.1) is 17.6 Å². The molecular formula is C13H24N2O4S. The summed E-state index contributed by atoms with van der Waals surface area (Å²) in [5.41, 5.74) is 0. The van der Waals surface area contributed by atoms with Crippen LogP contribution in [0.3, 0.4) is 0 Å². The molecule has 0 radical (unpaired) electrons. The van der Waals surface area contributed by atoms with E-state index in [9.17, 15) is 13.2 Å². The molecule has 116 valence electrons. The first-order chi connectivity index (χ1) is 9.50. The topological polar surface area (TPSA) is 75.7 Å². The number of likely N-dealkylation sites (tertiary alicyclic amines) is 1. The molecule has 0 aliphatic carbocycles. The molecular weight excluding hydrogens is 280 g/mol. The molecule has 2 aliphatic rings. The van der Waals surface area contributed by atoms with E-state index in [1.807, 2.05) is 11.8 Å². The molecule has 1 N–H and O–H groups in total. The molecule has 2 rings (SSSR count). The monoisotopic (exact) mass is 304 g/mol. The molecule has 6 nitrogen and oxygen atoms in total. The molecule has 1 atom stereocenters. The number of sulfone groups is 1. The highest BCUT2D eigenvalue weighted by atomic mass is 32.2. The number of carbonyl (C=O) groups excluding carboxylic acids is 1. The van der Waals surface area contributed by atoms with Gasteiger partial charge >= 0.3 is 0 Å². The molecule has 2 fully saturated rings. The van der Waals surface area contributed by atoms with Crippen molar-refractivity contribution in [1.29, 1.82) is 0 Å². The highest BCUT2D eigenvalue weighted by Crippen LogP contribution is 2.15. The fraction of sp³-hybridized carbons (Fsp3) is 0.923. The highest BCUT2D eigenvalue weighted by molar-refractivity contribution is 7.91. The number of nitrogens with zero attached hydrogens (tertiary/aromatic N) is 1. The Bertz CT molecular complexity index is 430. The van der Waals surface area contributed by atoms with Crippen LogP contribution < -0.4 is 5.32 Å². The molecule has 20 heavy (non-hydrogen) atoms. The summed E-state index contributed by atoms with van der Waals surface area (Å²) in [7, 11) is -2.98. The van der Waals surface area contributed by atoms with Crippen LogP contribution in [0.1, 0.15) is 26.2 Å². The molecule has 1 amide bonds. The summed E-state index contributed by atoms with van der Waals surface area (Å²) >= 11 is 0. The predicted molar refractivity (Wildman–Crippen MR) is 76.3 cm³/mol. The van der Waals surface area contributed by atoms with Crippen LogP contribution in [-0.2, 0) is 19.4 Å². The maximum Gasteiger partial charge on any atom is 0.224 e. The largest absolute Gasteiger partial charge is 0.378 e. The summed E-state index contributed by atoms with van der Waals surface area (Å²) in [6, 6.07) is -0.231. The molecule has 0 saturated carbocycles. The zero-order valence-corrected chi connectivity index (χ0v) is 12.8. The lowest BCUT2D eigenvalue weighted by atomic mass is 10.1. The van der Waals surface area contributed by atoms with Crippen LogP contribution in [0.4, 0.5) is 0 Å². The van der Waals surface area contributed by atoms with Crippen LogP contribution in [-0.4, -0.2) is 69.1 Å². The van der Waals surface area contributed by atoms with Gasteiger partial charge in [0.1, 0.15) is 0 Å². The van der Waals surface area contributed by atoms with Crippen molar-refractivity contribution >= 4 is 15.7 Å². The van der Waals surface area contributed by atoms with E-state index in [1.54, 1.807) is 0 Å². The van der Waals surface area contributed by atoms with Gasteiger partial charge in [-0.3, -0.25) is 4.79 Å². The smallest absolute Gasteiger partial charge is 0.224 e. The Morgan fingerprint density at radius 2 is 2.05 bits per heavy atom. The first-order valence-corrected chi connectivity index (χ1v) is 9.15. The number of hydrogen-bond acceptors (Lipinski definition) is 5. The van der Waals surface area contributed by atoms with Crippen LogP contribution in [0.5, 0.6) is 0 Å². The first kappa shape index (κ1) is 15.7. The predicted octanol–water partition coefficient (Wildman–Crippen LogP) is -0.209. The number of ether oxygens (including phenoxy) is 1. The molecule has 0 aromatic rings. The number of rotatable bonds is 4. The van der Waals surface area contributed by atoms with Gasteiger partial charge < -0.3 is 15.0 Å². The van der Waals surface area contributed by atoms with Gasteiger partial charge in [-0.2, -0.15) is 0 Å². The number of nitrogens with one attached hydrogen (secondary N) is 1. The van der Waals surface area contributed by atoms with Gasteiger partial charge in [-0.05, 0) is 19.8 Å². The Hall–Kier alpha value is -0.660. The molecule has 7 heteroatoms. The third-order valence-electron chi connectivity index (χ3n) is 3.92. The van der Waals surface area contributed by atoms with Crippen molar-refractivity contribution in [2.75, 3.05) is 37.7 Å². The molecule has 1 unspecified atom stereocenters. The fourth-order valence-corrected chi connectivity index (χ4v) is 4.29. The fourth-order valence-electron chi connectivity index (χ4n) is 2.85. The average molecular weight is 304 g/mol. The minimum absolute atomic E-state index is 0.0505. The summed E-state index contributed by atoms with van der Waals surface area (Å²) in [6.45, 7) is 4.56. The number of amides is 1. The zero-order valence-electron chi connectivity index (χ0n) is 12.0. The van der Waals surface area contributed by atoms with Gasteiger partial charge in [-0.25, -0.2) is 8.42 Å². The van der Waals surface area contributed by atoms with E-state index in [1.165, 1.54) is 0 Å². The van der Waals surface area contributed by atoms with Crippen LogP contribution >= 0.6 is 0 Å². The normalized spacial score (nSPS) is 27.4. The second-order valence-corrected chi connectivity index (χ2v) is 7.73. The van der Waals surface area contributed by atoms with Crippen molar-refractivity contribution in [3.05, 3.63) is 0 Å². The van der Waals surface area contributed by atoms with E-state index in [4.69, 9.17) is 4.74 Å². The van der Waals surface area contributed by atoms with Gasteiger partial charge in [0.15, 0.2) is 9.84 Å². The van der Waals surface area contributed by atoms with E-state index in [0.717, 1.165) is 12.8 Å². The van der Waals surface area contributed by atoms with Crippen molar-refractivity contribution in [3.8, 4) is 0 Å². The van der Waals surface area contributed by atoms with E-state index in [-0.39, 0.29) is 36.0 Å². The lowest BCUT2D eigenvalue weighted by Crippen LogP contribution is -2.49. The first-order valence-electron chi connectivity index (χ1n) is 7.33. The van der Waals surface area contributed by atoms with Gasteiger partial charge in [0, 0.05) is 38.7 Å². The SMILES string of the molecule is CCOC1CCN(C(=O)CC2CS(=O)(=O)CCN2)CC1. The standard InChI is InChI=1S/C13H24N2O4S/c1-2-19-12-3-6-15(7-4-12)13(16)9-11-10-20(17,18)8-5-14-11/h11-12,14H,2-10H2,1H3. The Morgan fingerprint density at radius 3 is 2.65 bits per heavy atom. The average Bonchev–Trinajstić information content (AvgIpc) is 2.38. The molecule has 0 spiro atoms. The van der Waals surface area contributed by atoms with Gasteiger partial charge in [-0.15, -0.1) is 0 Å². The van der Waals surface area contributed by atoms with Crippen molar-refractivity contribution in [3.63, 3.8) is 0 Å². The quantitative estimate of drug-likeness (QED) is 0.778. The Labute approximate surface area is 120 Å². The van der Waals surface area contributed by atoms with Gasteiger partial charge in [0.2, 0.25) is 5.91 Å². The lowest BCUT2D eigenvalue weighted by molar-refractivity contribution is -0.134. The minimum Gasteiger partial charge on any atom is -0.378 e. The van der Waals surface area contributed by atoms with E-state index in [2.05, 4.69) is 5.32 Å². The van der Waals surface area contributed by atoms with Crippen LogP contribution in [0, 0.1) is 0 Å². The second kappa shape index (κ2) is 6.87. The number of carbonyl (C=O) groups is 1. The Kier molecular flexibility index (Phi) is 5.40. The van der Waals surface area contributed by atoms with Gasteiger partial charge in [-0.1, -0.05) is 0 Å². The third kappa shape index (κ3) is 4.43. The van der Waals surface area contributed by atoms with Crippen molar-refractivity contribution in [2.45, 2.75) is 38.3 Å². The molecule has 2 saturated heterocycles. The minimum atomic E-state index is -2.98. The molecule has 2 aliphatic heterocycles. The van der Waals surface area contributed by atoms with Crippen molar-refractivity contribution in [1.82, 2.24) is 10.2 Å². The van der Waals surface area contributed by atoms with Crippen LogP contribution in [0.2, 0.25) is 0 Å². The number of piperidine rings is 1. The molecule has 2 heterocycles. The molecule has 0 aromatic heterocycles. The zero-order chi connectivity index (χ0) is 14.6. The van der Waals surface area contributed by atoms with Crippen molar-refractivity contribution in [2.24, 2.45) is 0 Å². The Morgan fingerprint density at radius 1 is 1.35 bits per heavy atom. The maximum atomic E-state index is 12.2. The van der Waals surface area contributed by atoms with Crippen LogP contribution in [0.15, 0.2) is 0 Å². The van der Waals surface area contributed by atoms with Crippen LogP contribution in [0.25, 0.3) is 0 Å². The second-order valence-electron chi connectivity index (χ2n) is 5.51.